The summed E-state index contributed by atoms with van der Waals surface area (Å²) in [5.41, 5.74) is -0.273. The van der Waals surface area contributed by atoms with Crippen molar-refractivity contribution in [3.63, 3.8) is 0 Å². The molecule has 2 aliphatic carbocycles. The number of ketones is 1. The minimum absolute atomic E-state index is 0.177. The number of hydrogen-bond donors (Lipinski definition) is 0. The quantitative estimate of drug-likeness (QED) is 0.643. The third-order valence-corrected chi connectivity index (χ3v) is 3.42. The third kappa shape index (κ3) is 2.63. The van der Waals surface area contributed by atoms with E-state index in [9.17, 15) is 9.59 Å². The van der Waals surface area contributed by atoms with Crippen LogP contribution in [0.3, 0.4) is 0 Å². The van der Waals surface area contributed by atoms with Crippen LogP contribution in [0.2, 0.25) is 0 Å². The van der Waals surface area contributed by atoms with E-state index in [4.69, 9.17) is 4.74 Å². The Morgan fingerprint density at radius 2 is 2.00 bits per heavy atom. The van der Waals surface area contributed by atoms with Crippen molar-refractivity contribution in [3.8, 4) is 0 Å². The zero-order valence-corrected chi connectivity index (χ0v) is 10.3. The van der Waals surface area contributed by atoms with Gasteiger partial charge in [0.05, 0.1) is 5.92 Å². The van der Waals surface area contributed by atoms with Gasteiger partial charge in [0.2, 0.25) is 0 Å². The summed E-state index contributed by atoms with van der Waals surface area (Å²) in [4.78, 5) is 23.5. The van der Waals surface area contributed by atoms with Gasteiger partial charge in [-0.1, -0.05) is 0 Å². The first-order valence-electron chi connectivity index (χ1n) is 6.04. The van der Waals surface area contributed by atoms with Crippen molar-refractivity contribution in [1.82, 2.24) is 0 Å². The van der Waals surface area contributed by atoms with E-state index >= 15 is 0 Å². The maximum Gasteiger partial charge on any atom is 0.309 e. The molecule has 3 nitrogen and oxygen atoms in total. The van der Waals surface area contributed by atoms with Crippen LogP contribution in [0, 0.1) is 11.3 Å². The summed E-state index contributed by atoms with van der Waals surface area (Å²) in [5, 5.41) is 0. The van der Waals surface area contributed by atoms with E-state index in [2.05, 4.69) is 0 Å². The van der Waals surface area contributed by atoms with Crippen molar-refractivity contribution in [2.45, 2.75) is 58.5 Å². The predicted octanol–water partition coefficient (Wildman–Crippen LogP) is 2.48. The van der Waals surface area contributed by atoms with Gasteiger partial charge in [-0.15, -0.1) is 0 Å². The number of esters is 1. The molecule has 0 N–H and O–H groups in total. The molecule has 0 heterocycles. The summed E-state index contributed by atoms with van der Waals surface area (Å²) in [6.45, 7) is 5.59. The summed E-state index contributed by atoms with van der Waals surface area (Å²) < 4.78 is 5.36. The number of hydrogen-bond acceptors (Lipinski definition) is 3. The lowest BCUT2D eigenvalue weighted by Crippen LogP contribution is -2.34. The standard InChI is InChI=1S/C13H20O3/c1-12(2,3)16-11(15)9-6-10(14)8-13(7-9)4-5-13/h9H,4-8H2,1-3H3. The van der Waals surface area contributed by atoms with Gasteiger partial charge in [0.1, 0.15) is 11.4 Å². The second kappa shape index (κ2) is 3.57. The zero-order chi connectivity index (χ0) is 12.0. The van der Waals surface area contributed by atoms with Crippen molar-refractivity contribution in [2.24, 2.45) is 11.3 Å². The predicted molar refractivity (Wildman–Crippen MR) is 59.9 cm³/mol. The Balaban J connectivity index is 1.98. The van der Waals surface area contributed by atoms with Crippen molar-refractivity contribution in [3.05, 3.63) is 0 Å². The van der Waals surface area contributed by atoms with Crippen LogP contribution < -0.4 is 0 Å². The molecule has 1 unspecified atom stereocenters. The summed E-state index contributed by atoms with van der Waals surface area (Å²) >= 11 is 0. The minimum atomic E-state index is -0.450. The Labute approximate surface area is 96.5 Å². The number of carbonyl (C=O) groups is 2. The number of carbonyl (C=O) groups excluding carboxylic acids is 2. The van der Waals surface area contributed by atoms with E-state index in [1.54, 1.807) is 0 Å². The molecule has 1 spiro atoms. The molecule has 0 saturated heterocycles. The van der Waals surface area contributed by atoms with Crippen LogP contribution in [0.5, 0.6) is 0 Å². The lowest BCUT2D eigenvalue weighted by molar-refractivity contribution is -0.163. The fraction of sp³-hybridized carbons (Fsp3) is 0.846. The van der Waals surface area contributed by atoms with E-state index in [0.717, 1.165) is 19.3 Å². The van der Waals surface area contributed by atoms with Crippen LogP contribution in [-0.4, -0.2) is 17.4 Å². The van der Waals surface area contributed by atoms with Crippen LogP contribution in [0.25, 0.3) is 0 Å². The molecular formula is C13H20O3. The molecule has 0 aromatic carbocycles. The molecule has 2 aliphatic rings. The van der Waals surface area contributed by atoms with E-state index in [1.807, 2.05) is 20.8 Å². The highest BCUT2D eigenvalue weighted by atomic mass is 16.6. The summed E-state index contributed by atoms with van der Waals surface area (Å²) in [6, 6.07) is 0. The molecule has 0 aromatic rings. The van der Waals surface area contributed by atoms with Gasteiger partial charge in [-0.3, -0.25) is 9.59 Å². The average Bonchev–Trinajstić information content (AvgIpc) is 2.80. The largest absolute Gasteiger partial charge is 0.460 e. The molecule has 16 heavy (non-hydrogen) atoms. The first kappa shape index (κ1) is 11.6. The lowest BCUT2D eigenvalue weighted by Gasteiger charge is -2.29. The normalized spacial score (nSPS) is 27.9. The van der Waals surface area contributed by atoms with E-state index < -0.39 is 5.60 Å². The molecule has 1 atom stereocenters. The van der Waals surface area contributed by atoms with Crippen LogP contribution in [0.1, 0.15) is 52.9 Å². The molecule has 2 saturated carbocycles. The van der Waals surface area contributed by atoms with E-state index in [1.165, 1.54) is 0 Å². The Hall–Kier alpha value is -0.860. The van der Waals surface area contributed by atoms with Gasteiger partial charge in [-0.2, -0.15) is 0 Å². The maximum atomic E-state index is 11.9. The van der Waals surface area contributed by atoms with Gasteiger partial charge in [-0.25, -0.2) is 0 Å². The fourth-order valence-electron chi connectivity index (χ4n) is 2.54. The highest BCUT2D eigenvalue weighted by Gasteiger charge is 2.50. The second-order valence-electron chi connectivity index (χ2n) is 6.35. The smallest absolute Gasteiger partial charge is 0.309 e. The molecule has 90 valence electrons. The van der Waals surface area contributed by atoms with Gasteiger partial charge in [0.15, 0.2) is 0 Å². The zero-order valence-electron chi connectivity index (χ0n) is 10.3. The maximum absolute atomic E-state index is 11.9. The summed E-state index contributed by atoms with van der Waals surface area (Å²) in [6.07, 6.45) is 4.15. The average molecular weight is 224 g/mol. The molecule has 0 aliphatic heterocycles. The molecular weight excluding hydrogens is 204 g/mol. The van der Waals surface area contributed by atoms with Gasteiger partial charge < -0.3 is 4.74 Å². The minimum Gasteiger partial charge on any atom is -0.460 e. The van der Waals surface area contributed by atoms with Crippen LogP contribution in [0.4, 0.5) is 0 Å². The summed E-state index contributed by atoms with van der Waals surface area (Å²) in [5.74, 6) is -0.144. The molecule has 0 radical (unpaired) electrons. The number of Topliss-reactive ketones (excluding diaryl/α,β-unsaturated/α-hetero) is 1. The Kier molecular flexibility index (Phi) is 2.59. The first-order valence-corrected chi connectivity index (χ1v) is 6.04. The SMILES string of the molecule is CC(C)(C)OC(=O)C1CC(=O)CC2(CC2)C1. The molecule has 0 bridgehead atoms. The van der Waals surface area contributed by atoms with E-state index in [-0.39, 0.29) is 23.1 Å². The topological polar surface area (TPSA) is 43.4 Å². The van der Waals surface area contributed by atoms with Crippen LogP contribution in [0.15, 0.2) is 0 Å². The van der Waals surface area contributed by atoms with Crippen molar-refractivity contribution in [2.75, 3.05) is 0 Å². The lowest BCUT2D eigenvalue weighted by atomic mass is 9.78. The van der Waals surface area contributed by atoms with Crippen LogP contribution in [-0.2, 0) is 14.3 Å². The van der Waals surface area contributed by atoms with Crippen molar-refractivity contribution >= 4 is 11.8 Å². The summed E-state index contributed by atoms with van der Waals surface area (Å²) in [7, 11) is 0. The Morgan fingerprint density at radius 3 is 2.50 bits per heavy atom. The molecule has 3 heteroatoms. The Bertz CT molecular complexity index is 321. The van der Waals surface area contributed by atoms with Gasteiger partial charge in [0, 0.05) is 12.8 Å². The monoisotopic (exact) mass is 224 g/mol. The fourth-order valence-corrected chi connectivity index (χ4v) is 2.54. The highest BCUT2D eigenvalue weighted by Crippen LogP contribution is 2.56. The molecule has 2 fully saturated rings. The Morgan fingerprint density at radius 1 is 1.38 bits per heavy atom. The molecule has 2 rings (SSSR count). The van der Waals surface area contributed by atoms with Crippen molar-refractivity contribution < 1.29 is 14.3 Å². The molecule has 0 aromatic heterocycles. The van der Waals surface area contributed by atoms with Gasteiger partial charge in [-0.05, 0) is 45.4 Å². The second-order valence-corrected chi connectivity index (χ2v) is 6.35. The van der Waals surface area contributed by atoms with E-state index in [0.29, 0.717) is 12.8 Å². The van der Waals surface area contributed by atoms with Crippen LogP contribution >= 0.6 is 0 Å². The van der Waals surface area contributed by atoms with Gasteiger partial charge in [0.25, 0.3) is 0 Å². The molecule has 0 amide bonds. The highest BCUT2D eigenvalue weighted by molar-refractivity contribution is 5.86. The van der Waals surface area contributed by atoms with Gasteiger partial charge >= 0.3 is 5.97 Å². The first-order chi connectivity index (χ1) is 7.30. The number of ether oxygens (including phenoxy) is 1. The van der Waals surface area contributed by atoms with Crippen molar-refractivity contribution in [1.29, 1.82) is 0 Å². The third-order valence-electron chi connectivity index (χ3n) is 3.42. The number of rotatable bonds is 1.